The van der Waals surface area contributed by atoms with Crippen molar-refractivity contribution in [2.24, 2.45) is 0 Å². The lowest BCUT2D eigenvalue weighted by molar-refractivity contribution is -0.386. The third-order valence-electron chi connectivity index (χ3n) is 1.96. The van der Waals surface area contributed by atoms with E-state index >= 15 is 0 Å². The molecule has 0 spiro atoms. The van der Waals surface area contributed by atoms with E-state index in [1.54, 1.807) is 4.98 Å². The predicted molar refractivity (Wildman–Crippen MR) is 50.0 cm³/mol. The predicted octanol–water partition coefficient (Wildman–Crippen LogP) is 0.848. The van der Waals surface area contributed by atoms with Gasteiger partial charge in [-0.25, -0.2) is 8.78 Å². The minimum atomic E-state index is -3.28. The number of aliphatic carboxylic acids is 1. The summed E-state index contributed by atoms with van der Waals surface area (Å²) in [4.78, 5) is 32.8. The van der Waals surface area contributed by atoms with Crippen LogP contribution in [0.4, 0.5) is 14.5 Å². The Morgan fingerprint density at radius 3 is 2.59 bits per heavy atom. The molecule has 1 rings (SSSR count). The number of nitrogens with zero attached hydrogens (tertiary/aromatic N) is 1. The maximum absolute atomic E-state index is 12.5. The number of H-pyrrole nitrogens is 1. The van der Waals surface area contributed by atoms with E-state index in [-0.39, 0.29) is 0 Å². The van der Waals surface area contributed by atoms with Crippen LogP contribution >= 0.6 is 0 Å². The number of hydrogen-bond acceptors (Lipinski definition) is 4. The maximum atomic E-state index is 12.5. The minimum Gasteiger partial charge on any atom is -0.481 e. The van der Waals surface area contributed by atoms with E-state index in [1.807, 2.05) is 0 Å². The summed E-state index contributed by atoms with van der Waals surface area (Å²) >= 11 is 0. The third kappa shape index (κ3) is 2.62. The summed E-state index contributed by atoms with van der Waals surface area (Å²) in [5.41, 5.74) is -4.04. The molecule has 0 atom stereocenters. The van der Waals surface area contributed by atoms with Crippen LogP contribution in [0.15, 0.2) is 11.0 Å². The molecule has 0 radical (unpaired) electrons. The van der Waals surface area contributed by atoms with Crippen molar-refractivity contribution in [1.82, 2.24) is 4.98 Å². The fraction of sp³-hybridized carbons (Fsp3) is 0.250. The molecular formula is C8H6F2N2O5. The highest BCUT2D eigenvalue weighted by Gasteiger charge is 2.27. The Morgan fingerprint density at radius 2 is 2.18 bits per heavy atom. The molecule has 17 heavy (non-hydrogen) atoms. The molecule has 0 aliphatic rings. The second kappa shape index (κ2) is 4.68. The minimum absolute atomic E-state index is 0.604. The molecule has 0 bridgehead atoms. The number of carboxylic acid groups (broad SMARTS) is 1. The molecule has 0 amide bonds. The monoisotopic (exact) mass is 248 g/mol. The van der Waals surface area contributed by atoms with E-state index in [2.05, 4.69) is 0 Å². The van der Waals surface area contributed by atoms with Crippen LogP contribution < -0.4 is 5.56 Å². The first kappa shape index (κ1) is 12.7. The quantitative estimate of drug-likeness (QED) is 0.605. The lowest BCUT2D eigenvalue weighted by Gasteiger charge is -2.05. The lowest BCUT2D eigenvalue weighted by Crippen LogP contribution is -2.19. The van der Waals surface area contributed by atoms with Crippen molar-refractivity contribution in [3.63, 3.8) is 0 Å². The third-order valence-corrected chi connectivity index (χ3v) is 1.96. The zero-order valence-corrected chi connectivity index (χ0v) is 8.15. The summed E-state index contributed by atoms with van der Waals surface area (Å²) in [6, 6.07) is 0. The standard InChI is InChI=1S/C8H6F2N2O5/c9-7(10)6-3(1-5(13)14)4(12(16)17)2-11-8(6)15/h2,7H,1H2,(H,11,15)(H,13,14). The molecule has 1 heterocycles. The number of carbonyl (C=O) groups is 1. The molecule has 9 heteroatoms. The summed E-state index contributed by atoms with van der Waals surface area (Å²) < 4.78 is 25.1. The zero-order valence-electron chi connectivity index (χ0n) is 8.15. The van der Waals surface area contributed by atoms with Gasteiger partial charge in [0.05, 0.1) is 28.7 Å². The van der Waals surface area contributed by atoms with Gasteiger partial charge in [-0.15, -0.1) is 0 Å². The summed E-state index contributed by atoms with van der Waals surface area (Å²) in [7, 11) is 0. The first-order valence-corrected chi connectivity index (χ1v) is 4.23. The number of pyridine rings is 1. The van der Waals surface area contributed by atoms with Gasteiger partial charge in [-0.05, 0) is 0 Å². The van der Waals surface area contributed by atoms with E-state index in [9.17, 15) is 28.5 Å². The van der Waals surface area contributed by atoms with E-state index in [4.69, 9.17) is 5.11 Å². The van der Waals surface area contributed by atoms with Crippen LogP contribution in [0, 0.1) is 10.1 Å². The van der Waals surface area contributed by atoms with Gasteiger partial charge >= 0.3 is 5.97 Å². The van der Waals surface area contributed by atoms with Crippen molar-refractivity contribution >= 4 is 11.7 Å². The highest BCUT2D eigenvalue weighted by molar-refractivity contribution is 5.72. The van der Waals surface area contributed by atoms with Crippen LogP contribution in [0.2, 0.25) is 0 Å². The lowest BCUT2D eigenvalue weighted by atomic mass is 10.1. The Balaban J connectivity index is 3.55. The highest BCUT2D eigenvalue weighted by atomic mass is 19.3. The number of hydrogen-bond donors (Lipinski definition) is 2. The van der Waals surface area contributed by atoms with Crippen LogP contribution in [0.1, 0.15) is 17.6 Å². The van der Waals surface area contributed by atoms with E-state index in [0.717, 1.165) is 0 Å². The average molecular weight is 248 g/mol. The number of halogens is 2. The second-order valence-electron chi connectivity index (χ2n) is 3.02. The first-order chi connectivity index (χ1) is 7.84. The molecule has 0 aliphatic heterocycles. The molecule has 0 aliphatic carbocycles. The summed E-state index contributed by atoms with van der Waals surface area (Å²) in [5.74, 6) is -1.54. The van der Waals surface area contributed by atoms with Crippen LogP contribution in [-0.2, 0) is 11.2 Å². The van der Waals surface area contributed by atoms with Gasteiger partial charge in [0, 0.05) is 0 Å². The molecular weight excluding hydrogens is 242 g/mol. The van der Waals surface area contributed by atoms with Crippen LogP contribution in [0.25, 0.3) is 0 Å². The number of nitro groups is 1. The molecule has 0 unspecified atom stereocenters. The topological polar surface area (TPSA) is 113 Å². The van der Waals surface area contributed by atoms with E-state index < -0.39 is 46.1 Å². The Bertz CT molecular complexity index is 525. The summed E-state index contributed by atoms with van der Waals surface area (Å²) in [5, 5.41) is 19.0. The van der Waals surface area contributed by atoms with E-state index in [0.29, 0.717) is 6.20 Å². The summed E-state index contributed by atoms with van der Waals surface area (Å²) in [6.07, 6.45) is -3.69. The number of nitrogens with one attached hydrogen (secondary N) is 1. The van der Waals surface area contributed by atoms with Crippen LogP contribution in [0.5, 0.6) is 0 Å². The second-order valence-corrected chi connectivity index (χ2v) is 3.02. The smallest absolute Gasteiger partial charge is 0.308 e. The van der Waals surface area contributed by atoms with Gasteiger partial charge in [0.25, 0.3) is 17.7 Å². The van der Waals surface area contributed by atoms with Gasteiger partial charge in [0.15, 0.2) is 0 Å². The Kier molecular flexibility index (Phi) is 3.51. The van der Waals surface area contributed by atoms with Crippen molar-refractivity contribution in [1.29, 1.82) is 0 Å². The molecule has 7 nitrogen and oxygen atoms in total. The SMILES string of the molecule is O=C(O)Cc1c([N+](=O)[O-])c[nH]c(=O)c1C(F)F. The molecule has 92 valence electrons. The number of aromatic nitrogens is 1. The van der Waals surface area contributed by atoms with Crippen molar-refractivity contribution in [2.45, 2.75) is 12.8 Å². The number of alkyl halides is 2. The van der Waals surface area contributed by atoms with Crippen LogP contribution in [0.3, 0.4) is 0 Å². The Hall–Kier alpha value is -2.32. The molecule has 1 aromatic rings. The van der Waals surface area contributed by atoms with Crippen molar-refractivity contribution < 1.29 is 23.6 Å². The normalized spacial score (nSPS) is 10.5. The first-order valence-electron chi connectivity index (χ1n) is 4.23. The van der Waals surface area contributed by atoms with Gasteiger partial charge < -0.3 is 10.1 Å². The van der Waals surface area contributed by atoms with Gasteiger partial charge in [-0.3, -0.25) is 19.7 Å². The molecule has 2 N–H and O–H groups in total. The number of rotatable bonds is 4. The van der Waals surface area contributed by atoms with Crippen molar-refractivity contribution in [3.8, 4) is 0 Å². The van der Waals surface area contributed by atoms with Gasteiger partial charge in [0.2, 0.25) is 0 Å². The fourth-order valence-corrected chi connectivity index (χ4v) is 1.30. The van der Waals surface area contributed by atoms with Crippen molar-refractivity contribution in [2.75, 3.05) is 0 Å². The highest BCUT2D eigenvalue weighted by Crippen LogP contribution is 2.26. The molecule has 0 saturated heterocycles. The van der Waals surface area contributed by atoms with Gasteiger partial charge in [0.1, 0.15) is 0 Å². The maximum Gasteiger partial charge on any atom is 0.308 e. The van der Waals surface area contributed by atoms with E-state index in [1.165, 1.54) is 0 Å². The Morgan fingerprint density at radius 1 is 1.59 bits per heavy atom. The largest absolute Gasteiger partial charge is 0.481 e. The molecule has 0 aromatic carbocycles. The molecule has 1 aromatic heterocycles. The average Bonchev–Trinajstić information content (AvgIpc) is 2.15. The van der Waals surface area contributed by atoms with Crippen LogP contribution in [-0.4, -0.2) is 21.0 Å². The molecule has 0 saturated carbocycles. The van der Waals surface area contributed by atoms with Gasteiger partial charge in [-0.1, -0.05) is 0 Å². The number of aromatic amines is 1. The molecule has 0 fully saturated rings. The number of carboxylic acids is 1. The summed E-state index contributed by atoms with van der Waals surface area (Å²) in [6.45, 7) is 0. The Labute approximate surface area is 91.8 Å². The van der Waals surface area contributed by atoms with Gasteiger partial charge in [-0.2, -0.15) is 0 Å². The fourth-order valence-electron chi connectivity index (χ4n) is 1.30. The van der Waals surface area contributed by atoms with Crippen molar-refractivity contribution in [3.05, 3.63) is 37.8 Å². The zero-order chi connectivity index (χ0) is 13.2.